The Morgan fingerprint density at radius 2 is 2.40 bits per heavy atom. The highest BCUT2D eigenvalue weighted by atomic mass is 32.1. The maximum absolute atomic E-state index is 4.65. The van der Waals surface area contributed by atoms with Crippen molar-refractivity contribution in [3.63, 3.8) is 0 Å². The van der Waals surface area contributed by atoms with E-state index in [1.165, 1.54) is 18.5 Å². The van der Waals surface area contributed by atoms with Crippen LogP contribution in [0.2, 0.25) is 0 Å². The Morgan fingerprint density at radius 3 is 3.20 bits per heavy atom. The molecule has 0 aromatic carbocycles. The maximum Gasteiger partial charge on any atom is 0.214 e. The molecule has 1 saturated heterocycles. The van der Waals surface area contributed by atoms with E-state index in [-0.39, 0.29) is 0 Å². The molecule has 0 aliphatic carbocycles. The molecule has 0 bridgehead atoms. The molecule has 1 N–H and O–H groups in total. The molecular weight excluding hydrogens is 272 g/mol. The van der Waals surface area contributed by atoms with Gasteiger partial charge in [-0.2, -0.15) is 5.10 Å². The van der Waals surface area contributed by atoms with Crippen LogP contribution < -0.4 is 4.90 Å². The predicted octanol–water partition coefficient (Wildman–Crippen LogP) is 2.21. The van der Waals surface area contributed by atoms with Gasteiger partial charge in [-0.05, 0) is 25.8 Å². The molecule has 3 aromatic rings. The average molecular weight is 288 g/mol. The number of aromatic nitrogens is 5. The van der Waals surface area contributed by atoms with Gasteiger partial charge in [0.15, 0.2) is 0 Å². The highest BCUT2D eigenvalue weighted by molar-refractivity contribution is 7.20. The van der Waals surface area contributed by atoms with Crippen molar-refractivity contribution in [1.29, 1.82) is 0 Å². The molecule has 104 valence electrons. The number of fused-ring (bicyclic) bond motifs is 1. The summed E-state index contributed by atoms with van der Waals surface area (Å²) in [7, 11) is 0. The van der Waals surface area contributed by atoms with Crippen LogP contribution in [0, 0.1) is 6.92 Å². The van der Waals surface area contributed by atoms with Crippen molar-refractivity contribution in [2.45, 2.75) is 25.7 Å². The van der Waals surface area contributed by atoms with E-state index in [4.69, 9.17) is 0 Å². The van der Waals surface area contributed by atoms with Crippen LogP contribution in [0.3, 0.4) is 0 Å². The standard InChI is InChI=1S/C13H16N6S/c1-9-7-19-12(15-9)20-13(17-19)18-6-2-3-10(8-18)11-4-5-14-16-11/h4-5,7,10H,2-3,6,8H2,1H3,(H,14,16)/t10-/m1/s1. The smallest absolute Gasteiger partial charge is 0.214 e. The number of hydrogen-bond donors (Lipinski definition) is 1. The second-order valence-corrected chi connectivity index (χ2v) is 6.23. The molecule has 1 atom stereocenters. The third kappa shape index (κ3) is 1.98. The van der Waals surface area contributed by atoms with Crippen LogP contribution in [-0.2, 0) is 0 Å². The summed E-state index contributed by atoms with van der Waals surface area (Å²) in [4.78, 5) is 7.81. The van der Waals surface area contributed by atoms with Crippen LogP contribution >= 0.6 is 11.3 Å². The quantitative estimate of drug-likeness (QED) is 0.785. The van der Waals surface area contributed by atoms with E-state index in [1.807, 2.05) is 23.8 Å². The third-order valence-corrected chi connectivity index (χ3v) is 4.79. The molecule has 0 saturated carbocycles. The fraction of sp³-hybridized carbons (Fsp3) is 0.462. The number of piperidine rings is 1. The van der Waals surface area contributed by atoms with Crippen molar-refractivity contribution in [2.24, 2.45) is 0 Å². The van der Waals surface area contributed by atoms with E-state index in [0.29, 0.717) is 5.92 Å². The Bertz CT molecular complexity index is 681. The third-order valence-electron chi connectivity index (χ3n) is 3.81. The van der Waals surface area contributed by atoms with Crippen molar-refractivity contribution in [1.82, 2.24) is 24.8 Å². The van der Waals surface area contributed by atoms with Gasteiger partial charge >= 0.3 is 0 Å². The van der Waals surface area contributed by atoms with Gasteiger partial charge in [-0.25, -0.2) is 9.50 Å². The van der Waals surface area contributed by atoms with Gasteiger partial charge in [0.1, 0.15) is 0 Å². The molecule has 0 spiro atoms. The van der Waals surface area contributed by atoms with Gasteiger partial charge in [-0.1, -0.05) is 11.3 Å². The minimum atomic E-state index is 0.518. The summed E-state index contributed by atoms with van der Waals surface area (Å²) < 4.78 is 1.88. The molecule has 1 aliphatic heterocycles. The van der Waals surface area contributed by atoms with E-state index in [9.17, 15) is 0 Å². The number of nitrogens with one attached hydrogen (secondary N) is 1. The minimum absolute atomic E-state index is 0.518. The number of aryl methyl sites for hydroxylation is 1. The van der Waals surface area contributed by atoms with Gasteiger partial charge in [0, 0.05) is 30.9 Å². The molecule has 0 radical (unpaired) electrons. The fourth-order valence-corrected chi connectivity index (χ4v) is 3.79. The van der Waals surface area contributed by atoms with Gasteiger partial charge in [-0.3, -0.25) is 5.10 Å². The number of anilines is 1. The summed E-state index contributed by atoms with van der Waals surface area (Å²) in [6.07, 6.45) is 6.20. The topological polar surface area (TPSA) is 62.1 Å². The Hall–Kier alpha value is -1.89. The lowest BCUT2D eigenvalue weighted by molar-refractivity contribution is 0.499. The monoisotopic (exact) mass is 288 g/mol. The second kappa shape index (κ2) is 4.59. The van der Waals surface area contributed by atoms with Crippen LogP contribution in [0.1, 0.15) is 30.1 Å². The van der Waals surface area contributed by atoms with E-state index in [0.717, 1.165) is 28.9 Å². The Morgan fingerprint density at radius 1 is 1.45 bits per heavy atom. The van der Waals surface area contributed by atoms with E-state index < -0.39 is 0 Å². The Labute approximate surface area is 120 Å². The van der Waals surface area contributed by atoms with Gasteiger partial charge < -0.3 is 4.90 Å². The first kappa shape index (κ1) is 11.9. The summed E-state index contributed by atoms with van der Waals surface area (Å²) in [5.74, 6) is 0.518. The number of nitrogens with zero attached hydrogens (tertiary/aromatic N) is 5. The van der Waals surface area contributed by atoms with Crippen molar-refractivity contribution in [2.75, 3.05) is 18.0 Å². The zero-order valence-electron chi connectivity index (χ0n) is 11.3. The molecule has 20 heavy (non-hydrogen) atoms. The van der Waals surface area contributed by atoms with E-state index >= 15 is 0 Å². The van der Waals surface area contributed by atoms with Crippen LogP contribution in [0.4, 0.5) is 5.13 Å². The lowest BCUT2D eigenvalue weighted by atomic mass is 9.95. The SMILES string of the molecule is Cc1cn2nc(N3CCC[C@@H](c4ccn[nH]4)C3)sc2n1. The largest absolute Gasteiger partial charge is 0.346 e. The highest BCUT2D eigenvalue weighted by Crippen LogP contribution is 2.31. The first-order valence-corrected chi connectivity index (χ1v) is 7.68. The summed E-state index contributed by atoms with van der Waals surface area (Å²) >= 11 is 1.66. The predicted molar refractivity (Wildman–Crippen MR) is 78.4 cm³/mol. The number of hydrogen-bond acceptors (Lipinski definition) is 5. The van der Waals surface area contributed by atoms with E-state index in [1.54, 1.807) is 11.3 Å². The molecule has 7 heteroatoms. The fourth-order valence-electron chi connectivity index (χ4n) is 2.83. The zero-order chi connectivity index (χ0) is 13.5. The molecular formula is C13H16N6S. The van der Waals surface area contributed by atoms with Crippen LogP contribution in [-0.4, -0.2) is 37.9 Å². The number of H-pyrrole nitrogens is 1. The molecule has 0 unspecified atom stereocenters. The molecule has 0 amide bonds. The van der Waals surface area contributed by atoms with Crippen LogP contribution in [0.25, 0.3) is 4.96 Å². The summed E-state index contributed by atoms with van der Waals surface area (Å²) in [6.45, 7) is 4.06. The molecule has 4 heterocycles. The lowest BCUT2D eigenvalue weighted by Gasteiger charge is -2.31. The van der Waals surface area contributed by atoms with Crippen molar-refractivity contribution in [3.8, 4) is 0 Å². The van der Waals surface area contributed by atoms with Crippen molar-refractivity contribution < 1.29 is 0 Å². The average Bonchev–Trinajstić information content (AvgIpc) is 3.13. The van der Waals surface area contributed by atoms with Gasteiger partial charge in [0.25, 0.3) is 0 Å². The summed E-state index contributed by atoms with van der Waals surface area (Å²) in [5, 5.41) is 12.9. The van der Waals surface area contributed by atoms with Gasteiger partial charge in [0.05, 0.1) is 11.9 Å². The van der Waals surface area contributed by atoms with Gasteiger partial charge in [-0.15, -0.1) is 5.10 Å². The Kier molecular flexibility index (Phi) is 2.73. The van der Waals surface area contributed by atoms with E-state index in [2.05, 4.69) is 31.2 Å². The molecule has 6 nitrogen and oxygen atoms in total. The molecule has 4 rings (SSSR count). The molecule has 3 aromatic heterocycles. The summed E-state index contributed by atoms with van der Waals surface area (Å²) in [5.41, 5.74) is 2.25. The number of aromatic amines is 1. The maximum atomic E-state index is 4.65. The molecule has 1 fully saturated rings. The minimum Gasteiger partial charge on any atom is -0.346 e. The first-order chi connectivity index (χ1) is 9.79. The first-order valence-electron chi connectivity index (χ1n) is 6.86. The van der Waals surface area contributed by atoms with Crippen molar-refractivity contribution >= 4 is 21.4 Å². The summed E-state index contributed by atoms with van der Waals surface area (Å²) in [6, 6.07) is 2.08. The van der Waals surface area contributed by atoms with Crippen LogP contribution in [0.15, 0.2) is 18.5 Å². The highest BCUT2D eigenvalue weighted by Gasteiger charge is 2.24. The normalized spacial score (nSPS) is 19.9. The lowest BCUT2D eigenvalue weighted by Crippen LogP contribution is -2.34. The number of imidazole rings is 1. The second-order valence-electron chi connectivity index (χ2n) is 5.29. The Balaban J connectivity index is 1.59. The van der Waals surface area contributed by atoms with Crippen molar-refractivity contribution in [3.05, 3.63) is 29.8 Å². The van der Waals surface area contributed by atoms with Gasteiger partial charge in [0.2, 0.25) is 10.1 Å². The van der Waals surface area contributed by atoms with Crippen LogP contribution in [0.5, 0.6) is 0 Å². The molecule has 1 aliphatic rings. The zero-order valence-corrected chi connectivity index (χ0v) is 12.1. The number of rotatable bonds is 2.